The Morgan fingerprint density at radius 3 is 2.43 bits per heavy atom. The highest BCUT2D eigenvalue weighted by Crippen LogP contribution is 2.38. The Balaban J connectivity index is 2.84. The summed E-state index contributed by atoms with van der Waals surface area (Å²) in [6.07, 6.45) is 2.37. The van der Waals surface area contributed by atoms with Crippen LogP contribution in [-0.4, -0.2) is 40.1 Å². The summed E-state index contributed by atoms with van der Waals surface area (Å²) in [7, 11) is 1.53. The Bertz CT molecular complexity index is 185. The van der Waals surface area contributed by atoms with Crippen molar-refractivity contribution in [1.29, 1.82) is 0 Å². The van der Waals surface area contributed by atoms with Gasteiger partial charge in [0.05, 0.1) is 0 Å². The summed E-state index contributed by atoms with van der Waals surface area (Å²) in [5.74, 6) is 0. The van der Waals surface area contributed by atoms with Gasteiger partial charge < -0.3 is 8.85 Å². The van der Waals surface area contributed by atoms with E-state index >= 15 is 0 Å². The Hall–Kier alpha value is 0.0969. The van der Waals surface area contributed by atoms with Gasteiger partial charge in [0.15, 0.2) is 0 Å². The monoisotopic (exact) mass is 217 g/mol. The molecule has 4 heteroatoms. The van der Waals surface area contributed by atoms with Crippen molar-refractivity contribution in [3.8, 4) is 0 Å². The molecule has 0 spiro atoms. The van der Waals surface area contributed by atoms with E-state index in [9.17, 15) is 0 Å². The summed E-state index contributed by atoms with van der Waals surface area (Å²) in [4.78, 5) is 0. The summed E-state index contributed by atoms with van der Waals surface area (Å²) >= 11 is 0. The van der Waals surface area contributed by atoms with Gasteiger partial charge in [-0.25, -0.2) is 0 Å². The lowest BCUT2D eigenvalue weighted by molar-refractivity contribution is 0.156. The fourth-order valence-corrected chi connectivity index (χ4v) is 6.16. The molecule has 0 saturated carbocycles. The number of rotatable bonds is 4. The minimum atomic E-state index is -2.06. The molecule has 1 saturated heterocycles. The highest BCUT2D eigenvalue weighted by Gasteiger charge is 2.54. The topological polar surface area (TPSA) is 21.7 Å². The quantitative estimate of drug-likeness (QED) is 0.673. The minimum absolute atomic E-state index is 0.575. The van der Waals surface area contributed by atoms with E-state index in [2.05, 4.69) is 25.3 Å². The maximum Gasteiger partial charge on any atom is 0.430 e. The van der Waals surface area contributed by atoms with Crippen LogP contribution in [0.25, 0.3) is 0 Å². The van der Waals surface area contributed by atoms with Crippen LogP contribution in [0.4, 0.5) is 0 Å². The molecule has 0 aromatic heterocycles. The minimum Gasteiger partial charge on any atom is -0.386 e. The zero-order valence-corrected chi connectivity index (χ0v) is 11.0. The highest BCUT2D eigenvalue weighted by atomic mass is 28.4. The number of hydrogen-bond donors (Lipinski definition) is 0. The van der Waals surface area contributed by atoms with Crippen LogP contribution in [0.2, 0.25) is 5.54 Å². The summed E-state index contributed by atoms with van der Waals surface area (Å²) in [5.41, 5.74) is 0.575. The van der Waals surface area contributed by atoms with Crippen molar-refractivity contribution in [2.45, 2.75) is 45.2 Å². The smallest absolute Gasteiger partial charge is 0.386 e. The highest BCUT2D eigenvalue weighted by molar-refractivity contribution is 6.66. The molecule has 0 radical (unpaired) electrons. The van der Waals surface area contributed by atoms with E-state index in [0.29, 0.717) is 11.6 Å². The molecular weight excluding hydrogens is 194 g/mol. The maximum absolute atomic E-state index is 5.74. The number of hydrogen-bond acceptors (Lipinski definition) is 3. The van der Waals surface area contributed by atoms with Crippen molar-refractivity contribution in [3.05, 3.63) is 0 Å². The van der Waals surface area contributed by atoms with Gasteiger partial charge in [0.2, 0.25) is 0 Å². The molecule has 2 atom stereocenters. The van der Waals surface area contributed by atoms with E-state index in [1.54, 1.807) is 14.2 Å². The second kappa shape index (κ2) is 4.75. The van der Waals surface area contributed by atoms with Crippen LogP contribution in [0.3, 0.4) is 0 Å². The Morgan fingerprint density at radius 1 is 1.43 bits per heavy atom. The average Bonchev–Trinajstić information content (AvgIpc) is 2.55. The van der Waals surface area contributed by atoms with Gasteiger partial charge in [0, 0.05) is 25.8 Å². The lowest BCUT2D eigenvalue weighted by Crippen LogP contribution is -2.58. The second-order valence-corrected chi connectivity index (χ2v) is 7.82. The predicted octanol–water partition coefficient (Wildman–Crippen LogP) is 2.11. The third-order valence-electron chi connectivity index (χ3n) is 3.53. The third-order valence-corrected chi connectivity index (χ3v) is 7.70. The van der Waals surface area contributed by atoms with Crippen molar-refractivity contribution in [2.24, 2.45) is 0 Å². The molecule has 0 aromatic rings. The molecule has 3 nitrogen and oxygen atoms in total. The summed E-state index contributed by atoms with van der Waals surface area (Å²) in [6.45, 7) is 7.86. The fourth-order valence-electron chi connectivity index (χ4n) is 2.42. The van der Waals surface area contributed by atoms with E-state index in [1.165, 1.54) is 6.42 Å². The zero-order valence-electron chi connectivity index (χ0n) is 10.0. The SMILES string of the molecule is CCC(C)N1CCC(C)[Si]1(OC)OC. The summed E-state index contributed by atoms with van der Waals surface area (Å²) in [5, 5.41) is 0. The molecule has 84 valence electrons. The first-order valence-corrected chi connectivity index (χ1v) is 7.33. The molecule has 0 bridgehead atoms. The van der Waals surface area contributed by atoms with Crippen LogP contribution in [0.15, 0.2) is 0 Å². The van der Waals surface area contributed by atoms with E-state index in [-0.39, 0.29) is 0 Å². The van der Waals surface area contributed by atoms with Crippen LogP contribution >= 0.6 is 0 Å². The summed E-state index contributed by atoms with van der Waals surface area (Å²) in [6, 6.07) is 0.575. The Kier molecular flexibility index (Phi) is 4.12. The van der Waals surface area contributed by atoms with Crippen LogP contribution in [0, 0.1) is 0 Å². The first-order chi connectivity index (χ1) is 6.62. The van der Waals surface area contributed by atoms with Crippen molar-refractivity contribution < 1.29 is 8.85 Å². The normalized spacial score (nSPS) is 29.4. The predicted molar refractivity (Wildman–Crippen MR) is 60.3 cm³/mol. The molecule has 14 heavy (non-hydrogen) atoms. The molecule has 1 aliphatic heterocycles. The first-order valence-electron chi connectivity index (χ1n) is 5.49. The van der Waals surface area contributed by atoms with Gasteiger partial charge in [-0.15, -0.1) is 0 Å². The zero-order chi connectivity index (χ0) is 10.8. The fraction of sp³-hybridized carbons (Fsp3) is 1.00. The van der Waals surface area contributed by atoms with Gasteiger partial charge in [0.25, 0.3) is 0 Å². The number of nitrogens with zero attached hydrogens (tertiary/aromatic N) is 1. The van der Waals surface area contributed by atoms with Crippen LogP contribution in [0.1, 0.15) is 33.6 Å². The van der Waals surface area contributed by atoms with Gasteiger partial charge in [-0.3, -0.25) is 4.57 Å². The molecule has 1 rings (SSSR count). The Labute approximate surface area is 88.7 Å². The molecule has 0 amide bonds. The third kappa shape index (κ3) is 1.76. The maximum atomic E-state index is 5.74. The molecule has 1 fully saturated rings. The lowest BCUT2D eigenvalue weighted by Gasteiger charge is -2.38. The molecule has 1 heterocycles. The van der Waals surface area contributed by atoms with E-state index in [1.807, 2.05) is 0 Å². The average molecular weight is 217 g/mol. The standard InChI is InChI=1S/C10H23NO2Si/c1-6-9(2)11-8-7-10(3)14(11,12-4)13-5/h9-10H,6-8H2,1-5H3. The van der Waals surface area contributed by atoms with Gasteiger partial charge >= 0.3 is 8.72 Å². The van der Waals surface area contributed by atoms with Crippen LogP contribution in [0.5, 0.6) is 0 Å². The van der Waals surface area contributed by atoms with Gasteiger partial charge in [0.1, 0.15) is 0 Å². The van der Waals surface area contributed by atoms with Gasteiger partial charge in [-0.1, -0.05) is 20.8 Å². The van der Waals surface area contributed by atoms with Gasteiger partial charge in [-0.2, -0.15) is 0 Å². The largest absolute Gasteiger partial charge is 0.430 e. The lowest BCUT2D eigenvalue weighted by atomic mass is 10.2. The van der Waals surface area contributed by atoms with Crippen LogP contribution < -0.4 is 0 Å². The molecule has 0 aliphatic carbocycles. The van der Waals surface area contributed by atoms with E-state index in [4.69, 9.17) is 8.85 Å². The molecule has 2 unspecified atom stereocenters. The molecule has 0 aromatic carbocycles. The molecule has 0 N–H and O–H groups in total. The molecular formula is C10H23NO2Si. The first kappa shape index (κ1) is 12.2. The van der Waals surface area contributed by atoms with Crippen molar-refractivity contribution >= 4 is 8.72 Å². The Morgan fingerprint density at radius 2 is 2.00 bits per heavy atom. The van der Waals surface area contributed by atoms with E-state index < -0.39 is 8.72 Å². The van der Waals surface area contributed by atoms with Crippen molar-refractivity contribution in [2.75, 3.05) is 20.8 Å². The van der Waals surface area contributed by atoms with Crippen LogP contribution in [-0.2, 0) is 8.85 Å². The summed E-state index contributed by atoms with van der Waals surface area (Å²) < 4.78 is 13.9. The van der Waals surface area contributed by atoms with Gasteiger partial charge in [-0.05, 0) is 19.4 Å². The second-order valence-electron chi connectivity index (χ2n) is 4.18. The van der Waals surface area contributed by atoms with E-state index in [0.717, 1.165) is 13.0 Å². The molecule has 1 aliphatic rings. The van der Waals surface area contributed by atoms with Crippen molar-refractivity contribution in [3.63, 3.8) is 0 Å². The van der Waals surface area contributed by atoms with Crippen molar-refractivity contribution in [1.82, 2.24) is 4.57 Å².